The molecule has 0 aliphatic carbocycles. The van der Waals surface area contributed by atoms with Gasteiger partial charge in [0.05, 0.1) is 12.6 Å². The molecule has 1 aromatic heterocycles. The van der Waals surface area contributed by atoms with Gasteiger partial charge in [-0.05, 0) is 30.5 Å². The highest BCUT2D eigenvalue weighted by Crippen LogP contribution is 2.14. The summed E-state index contributed by atoms with van der Waals surface area (Å²) in [4.78, 5) is 4.06. The van der Waals surface area contributed by atoms with Crippen LogP contribution in [-0.4, -0.2) is 22.7 Å². The average molecular weight is 242 g/mol. The van der Waals surface area contributed by atoms with E-state index < -0.39 is 0 Å². The van der Waals surface area contributed by atoms with Gasteiger partial charge in [0.2, 0.25) is 0 Å². The average Bonchev–Trinajstić information content (AvgIpc) is 2.41. The third-order valence-electron chi connectivity index (χ3n) is 2.93. The number of aliphatic hydroxyl groups excluding tert-OH is 1. The Morgan fingerprint density at radius 2 is 2.00 bits per heavy atom. The molecule has 1 heterocycles. The number of hydrogen-bond acceptors (Lipinski definition) is 3. The minimum Gasteiger partial charge on any atom is -0.394 e. The Labute approximate surface area is 108 Å². The van der Waals surface area contributed by atoms with Crippen molar-refractivity contribution in [2.45, 2.75) is 19.4 Å². The molecule has 0 spiro atoms. The van der Waals surface area contributed by atoms with E-state index in [-0.39, 0.29) is 12.6 Å². The maximum absolute atomic E-state index is 9.46. The number of benzene rings is 1. The molecule has 0 fully saturated rings. The first-order valence-corrected chi connectivity index (χ1v) is 6.11. The Morgan fingerprint density at radius 1 is 1.22 bits per heavy atom. The highest BCUT2D eigenvalue weighted by molar-refractivity contribution is 5.49. The van der Waals surface area contributed by atoms with Crippen molar-refractivity contribution in [3.63, 3.8) is 0 Å². The van der Waals surface area contributed by atoms with E-state index in [1.165, 1.54) is 5.56 Å². The minimum atomic E-state index is 0.0218. The van der Waals surface area contributed by atoms with Crippen LogP contribution in [0.3, 0.4) is 0 Å². The molecular weight excluding hydrogens is 224 g/mol. The zero-order chi connectivity index (χ0) is 12.8. The lowest BCUT2D eigenvalue weighted by Gasteiger charge is -2.19. The lowest BCUT2D eigenvalue weighted by molar-refractivity contribution is 0.273. The lowest BCUT2D eigenvalue weighted by Crippen LogP contribution is -2.26. The van der Waals surface area contributed by atoms with E-state index in [2.05, 4.69) is 22.4 Å². The van der Waals surface area contributed by atoms with Gasteiger partial charge < -0.3 is 10.4 Å². The number of rotatable bonds is 5. The van der Waals surface area contributed by atoms with Gasteiger partial charge in [-0.2, -0.15) is 0 Å². The zero-order valence-corrected chi connectivity index (χ0v) is 10.5. The Bertz CT molecular complexity index is 485. The molecule has 1 aromatic carbocycles. The van der Waals surface area contributed by atoms with E-state index >= 15 is 0 Å². The maximum Gasteiger partial charge on any atom is 0.0636 e. The monoisotopic (exact) mass is 242 g/mol. The standard InChI is InChI=1S/C15H18N2O/c1-12-10-16-8-7-15(12)17-14(11-18)9-13-5-3-2-4-6-13/h2-8,10,14,18H,9,11H2,1H3,(H,16,17). The quantitative estimate of drug-likeness (QED) is 0.846. The fourth-order valence-corrected chi connectivity index (χ4v) is 1.92. The van der Waals surface area contributed by atoms with Crippen LogP contribution in [0.4, 0.5) is 5.69 Å². The summed E-state index contributed by atoms with van der Waals surface area (Å²) in [5, 5.41) is 12.8. The minimum absolute atomic E-state index is 0.0218. The second-order valence-electron chi connectivity index (χ2n) is 4.40. The van der Waals surface area contributed by atoms with Crippen molar-refractivity contribution in [3.8, 4) is 0 Å². The molecule has 0 aliphatic heterocycles. The predicted molar refractivity (Wildman–Crippen MR) is 73.6 cm³/mol. The third kappa shape index (κ3) is 3.31. The smallest absolute Gasteiger partial charge is 0.0636 e. The predicted octanol–water partition coefficient (Wildman–Crippen LogP) is 2.41. The maximum atomic E-state index is 9.46. The Kier molecular flexibility index (Phi) is 4.31. The lowest BCUT2D eigenvalue weighted by atomic mass is 10.1. The second kappa shape index (κ2) is 6.17. The van der Waals surface area contributed by atoms with E-state index in [1.54, 1.807) is 6.20 Å². The van der Waals surface area contributed by atoms with E-state index in [0.29, 0.717) is 0 Å². The number of aromatic nitrogens is 1. The number of nitrogens with zero attached hydrogens (tertiary/aromatic N) is 1. The Hall–Kier alpha value is -1.87. The first-order valence-electron chi connectivity index (χ1n) is 6.11. The summed E-state index contributed by atoms with van der Waals surface area (Å²) in [6, 6.07) is 12.1. The van der Waals surface area contributed by atoms with Crippen LogP contribution in [0.1, 0.15) is 11.1 Å². The highest BCUT2D eigenvalue weighted by Gasteiger charge is 2.09. The molecule has 3 heteroatoms. The third-order valence-corrected chi connectivity index (χ3v) is 2.93. The van der Waals surface area contributed by atoms with Crippen LogP contribution in [0.5, 0.6) is 0 Å². The van der Waals surface area contributed by atoms with E-state index in [1.807, 2.05) is 37.4 Å². The molecule has 18 heavy (non-hydrogen) atoms. The molecule has 0 amide bonds. The summed E-state index contributed by atoms with van der Waals surface area (Å²) >= 11 is 0. The van der Waals surface area contributed by atoms with Crippen LogP contribution in [0.25, 0.3) is 0 Å². The number of hydrogen-bond donors (Lipinski definition) is 2. The molecule has 0 saturated heterocycles. The molecule has 0 bridgehead atoms. The summed E-state index contributed by atoms with van der Waals surface area (Å²) in [7, 11) is 0. The molecule has 2 N–H and O–H groups in total. The van der Waals surface area contributed by atoms with Crippen LogP contribution >= 0.6 is 0 Å². The molecule has 0 aliphatic rings. The topological polar surface area (TPSA) is 45.2 Å². The number of aliphatic hydroxyl groups is 1. The van der Waals surface area contributed by atoms with Crippen LogP contribution in [0, 0.1) is 6.92 Å². The molecular formula is C15H18N2O. The van der Waals surface area contributed by atoms with E-state index in [0.717, 1.165) is 17.7 Å². The summed E-state index contributed by atoms with van der Waals surface area (Å²) in [5.41, 5.74) is 3.33. The van der Waals surface area contributed by atoms with E-state index in [9.17, 15) is 5.11 Å². The summed E-state index contributed by atoms with van der Waals surface area (Å²) < 4.78 is 0. The first kappa shape index (κ1) is 12.6. The van der Waals surface area contributed by atoms with Crippen LogP contribution in [0.15, 0.2) is 48.8 Å². The first-order chi connectivity index (χ1) is 8.79. The van der Waals surface area contributed by atoms with Gasteiger partial charge in [0.1, 0.15) is 0 Å². The summed E-state index contributed by atoms with van der Waals surface area (Å²) in [6.07, 6.45) is 4.38. The molecule has 1 atom stereocenters. The summed E-state index contributed by atoms with van der Waals surface area (Å²) in [5.74, 6) is 0. The van der Waals surface area contributed by atoms with Crippen molar-refractivity contribution in [2.75, 3.05) is 11.9 Å². The van der Waals surface area contributed by atoms with E-state index in [4.69, 9.17) is 0 Å². The van der Waals surface area contributed by atoms with Crippen LogP contribution in [-0.2, 0) is 6.42 Å². The number of aryl methyl sites for hydroxylation is 1. The fourth-order valence-electron chi connectivity index (χ4n) is 1.92. The van der Waals surface area contributed by atoms with Gasteiger partial charge in [-0.25, -0.2) is 0 Å². The van der Waals surface area contributed by atoms with Crippen molar-refractivity contribution >= 4 is 5.69 Å². The van der Waals surface area contributed by atoms with Gasteiger partial charge in [0.15, 0.2) is 0 Å². The fraction of sp³-hybridized carbons (Fsp3) is 0.267. The van der Waals surface area contributed by atoms with Crippen molar-refractivity contribution in [1.29, 1.82) is 0 Å². The Balaban J connectivity index is 2.04. The normalized spacial score (nSPS) is 12.1. The van der Waals surface area contributed by atoms with Gasteiger partial charge >= 0.3 is 0 Å². The molecule has 94 valence electrons. The molecule has 0 saturated carbocycles. The summed E-state index contributed by atoms with van der Waals surface area (Å²) in [6.45, 7) is 2.11. The molecule has 1 unspecified atom stereocenters. The molecule has 2 aromatic rings. The van der Waals surface area contributed by atoms with Gasteiger partial charge in [-0.3, -0.25) is 4.98 Å². The zero-order valence-electron chi connectivity index (χ0n) is 10.5. The molecule has 3 nitrogen and oxygen atoms in total. The number of anilines is 1. The van der Waals surface area contributed by atoms with Crippen LogP contribution < -0.4 is 5.32 Å². The van der Waals surface area contributed by atoms with Crippen molar-refractivity contribution in [3.05, 3.63) is 59.9 Å². The Morgan fingerprint density at radius 3 is 2.67 bits per heavy atom. The largest absolute Gasteiger partial charge is 0.394 e. The van der Waals surface area contributed by atoms with Gasteiger partial charge in [0.25, 0.3) is 0 Å². The number of nitrogens with one attached hydrogen (secondary N) is 1. The highest BCUT2D eigenvalue weighted by atomic mass is 16.3. The van der Waals surface area contributed by atoms with Crippen molar-refractivity contribution in [2.24, 2.45) is 0 Å². The van der Waals surface area contributed by atoms with Gasteiger partial charge in [-0.1, -0.05) is 30.3 Å². The van der Waals surface area contributed by atoms with Crippen molar-refractivity contribution in [1.82, 2.24) is 4.98 Å². The van der Waals surface area contributed by atoms with Gasteiger partial charge in [0, 0.05) is 18.1 Å². The number of pyridine rings is 1. The van der Waals surface area contributed by atoms with Crippen LogP contribution in [0.2, 0.25) is 0 Å². The SMILES string of the molecule is Cc1cnccc1NC(CO)Cc1ccccc1. The second-order valence-corrected chi connectivity index (χ2v) is 4.40. The van der Waals surface area contributed by atoms with Gasteiger partial charge in [-0.15, -0.1) is 0 Å². The van der Waals surface area contributed by atoms with Crippen molar-refractivity contribution < 1.29 is 5.11 Å². The molecule has 2 rings (SSSR count). The molecule has 0 radical (unpaired) electrons.